The summed E-state index contributed by atoms with van der Waals surface area (Å²) in [7, 11) is 0. The fourth-order valence-corrected chi connectivity index (χ4v) is 12.0. The molecule has 52 heavy (non-hydrogen) atoms. The monoisotopic (exact) mass is 739 g/mol. The maximum atomic E-state index is 10.5. The molecule has 304 valence electrons. The van der Waals surface area contributed by atoms with E-state index in [1.165, 1.54) is 32.1 Å². The fourth-order valence-electron chi connectivity index (χ4n) is 12.0. The van der Waals surface area contributed by atoms with E-state index in [9.17, 15) is 5.11 Å². The van der Waals surface area contributed by atoms with Crippen molar-refractivity contribution < 1.29 is 43.0 Å². The maximum absolute atomic E-state index is 10.5. The van der Waals surface area contributed by atoms with E-state index in [-0.39, 0.29) is 11.5 Å². The molecule has 0 aromatic heterocycles. The van der Waals surface area contributed by atoms with Crippen molar-refractivity contribution >= 4 is 0 Å². The number of hydrogen-bond acceptors (Lipinski definition) is 9. The van der Waals surface area contributed by atoms with Crippen LogP contribution in [0.4, 0.5) is 0 Å². The summed E-state index contributed by atoms with van der Waals surface area (Å²) in [5, 5.41) is 10.5. The zero-order valence-electron chi connectivity index (χ0n) is 35.1. The van der Waals surface area contributed by atoms with Crippen LogP contribution in [0.3, 0.4) is 0 Å². The quantitative estimate of drug-likeness (QED) is 0.0814. The van der Waals surface area contributed by atoms with E-state index in [0.29, 0.717) is 76.5 Å². The second-order valence-electron chi connectivity index (χ2n) is 16.3. The molecule has 4 aliphatic rings. The highest BCUT2D eigenvalue weighted by molar-refractivity contribution is 5.25. The molecule has 0 spiro atoms. The lowest BCUT2D eigenvalue weighted by atomic mass is 9.47. The molecular formula is C43H78O9. The molecule has 0 aromatic rings. The number of rotatable bonds is 23. The highest BCUT2D eigenvalue weighted by atomic mass is 16.9. The van der Waals surface area contributed by atoms with E-state index in [1.807, 2.05) is 55.4 Å². The predicted octanol–water partition coefficient (Wildman–Crippen LogP) is 9.05. The number of hydrogen-bond donors (Lipinski definition) is 1. The Kier molecular flexibility index (Phi) is 16.1. The summed E-state index contributed by atoms with van der Waals surface area (Å²) in [5.74, 6) is -0.265. The van der Waals surface area contributed by atoms with Gasteiger partial charge in [-0.3, -0.25) is 0 Å². The second kappa shape index (κ2) is 19.0. The summed E-state index contributed by atoms with van der Waals surface area (Å²) < 4.78 is 53.3. The van der Waals surface area contributed by atoms with Crippen LogP contribution < -0.4 is 0 Å². The van der Waals surface area contributed by atoms with Crippen molar-refractivity contribution in [2.75, 3.05) is 52.9 Å². The van der Waals surface area contributed by atoms with Crippen LogP contribution in [0.1, 0.15) is 140 Å². The number of fused-ring (bicyclic) bond motifs is 5. The van der Waals surface area contributed by atoms with Gasteiger partial charge in [0, 0.05) is 52.9 Å². The molecule has 3 fully saturated rings. The Morgan fingerprint density at radius 3 is 1.71 bits per heavy atom. The van der Waals surface area contributed by atoms with Gasteiger partial charge in [0.05, 0.1) is 6.10 Å². The molecule has 9 nitrogen and oxygen atoms in total. The molecular weight excluding hydrogens is 660 g/mol. The van der Waals surface area contributed by atoms with Crippen LogP contribution in [0.15, 0.2) is 11.6 Å². The maximum Gasteiger partial charge on any atom is 0.325 e. The van der Waals surface area contributed by atoms with Gasteiger partial charge in [0.2, 0.25) is 0 Å². The lowest BCUT2D eigenvalue weighted by molar-refractivity contribution is -0.550. The Morgan fingerprint density at radius 1 is 0.673 bits per heavy atom. The standard InChI is InChI=1S/C43H78O9/c1-12-45-38(41(46-13-2,42(47-14-3,48-15-4)49-16-5)43(50-17-6,51-18-7)52-19-8)25-20-31(9)35-23-24-36-34-22-21-32-30-33(44)26-28-39(32,10)37(34)27-29-40(35,36)11/h21,31,33-38,44H,12-20,22-30H2,1-11H3/t31-,33+,34+,35-,36+,37+,38?,39+,40-/m1/s1. The van der Waals surface area contributed by atoms with Gasteiger partial charge >= 0.3 is 11.9 Å². The highest BCUT2D eigenvalue weighted by Crippen LogP contribution is 2.67. The lowest BCUT2D eigenvalue weighted by Crippen LogP contribution is -2.79. The SMILES string of the molecule is CCOC(CC[C@@H](C)[C@H]1CC[C@H]2[C@@H]3CC=C4C[C@@H](O)CC[C@]4(C)[C@H]3CC[C@]12C)C(OCC)(C(OCC)(OCC)OCC)C(OCC)(OCC)OCC. The summed E-state index contributed by atoms with van der Waals surface area (Å²) in [6.45, 7) is 25.7. The molecule has 0 heterocycles. The average Bonchev–Trinajstić information content (AvgIpc) is 3.47. The highest BCUT2D eigenvalue weighted by Gasteiger charge is 2.76. The van der Waals surface area contributed by atoms with Crippen molar-refractivity contribution in [2.45, 2.75) is 170 Å². The minimum atomic E-state index is -1.76. The summed E-state index contributed by atoms with van der Waals surface area (Å²) in [6, 6.07) is 0. The molecule has 9 heteroatoms. The lowest BCUT2D eigenvalue weighted by Gasteiger charge is -2.58. The van der Waals surface area contributed by atoms with Crippen molar-refractivity contribution in [3.63, 3.8) is 0 Å². The van der Waals surface area contributed by atoms with Gasteiger partial charge in [0.25, 0.3) is 5.60 Å². The minimum Gasteiger partial charge on any atom is -0.393 e. The molecule has 0 aliphatic heterocycles. The van der Waals surface area contributed by atoms with E-state index in [1.54, 1.807) is 5.57 Å². The van der Waals surface area contributed by atoms with Crippen LogP contribution in [-0.2, 0) is 37.9 Å². The van der Waals surface area contributed by atoms with E-state index in [4.69, 9.17) is 37.9 Å². The van der Waals surface area contributed by atoms with Crippen LogP contribution in [0.5, 0.6) is 0 Å². The van der Waals surface area contributed by atoms with Crippen molar-refractivity contribution in [3.8, 4) is 0 Å². The number of allylic oxidation sites excluding steroid dienone is 1. The normalized spacial score (nSPS) is 32.2. The first-order valence-corrected chi connectivity index (χ1v) is 21.4. The Bertz CT molecular complexity index is 1050. The van der Waals surface area contributed by atoms with Crippen LogP contribution in [-0.4, -0.2) is 87.7 Å². The van der Waals surface area contributed by atoms with Gasteiger partial charge in [-0.2, -0.15) is 0 Å². The Morgan fingerprint density at radius 2 is 1.21 bits per heavy atom. The molecule has 0 saturated heterocycles. The Balaban J connectivity index is 1.71. The molecule has 1 N–H and O–H groups in total. The molecule has 0 amide bonds. The molecule has 4 rings (SSSR count). The fraction of sp³-hybridized carbons (Fsp3) is 0.953. The summed E-state index contributed by atoms with van der Waals surface area (Å²) >= 11 is 0. The van der Waals surface area contributed by atoms with Gasteiger partial charge in [-0.25, -0.2) is 0 Å². The second-order valence-corrected chi connectivity index (χ2v) is 16.3. The first kappa shape index (κ1) is 44.1. The van der Waals surface area contributed by atoms with Crippen LogP contribution in [0, 0.1) is 40.4 Å². The third-order valence-corrected chi connectivity index (χ3v) is 13.8. The average molecular weight is 739 g/mol. The van der Waals surface area contributed by atoms with Gasteiger partial charge in [-0.1, -0.05) is 32.4 Å². The predicted molar refractivity (Wildman–Crippen MR) is 205 cm³/mol. The largest absolute Gasteiger partial charge is 0.393 e. The van der Waals surface area contributed by atoms with Gasteiger partial charge in [0.1, 0.15) is 6.10 Å². The van der Waals surface area contributed by atoms with Gasteiger partial charge < -0.3 is 43.0 Å². The van der Waals surface area contributed by atoms with E-state index < -0.39 is 23.7 Å². The first-order valence-electron chi connectivity index (χ1n) is 21.4. The molecule has 3 saturated carbocycles. The smallest absolute Gasteiger partial charge is 0.325 e. The molecule has 1 unspecified atom stereocenters. The Hall–Kier alpha value is -0.620. The third kappa shape index (κ3) is 7.84. The number of aliphatic hydroxyl groups is 1. The third-order valence-electron chi connectivity index (χ3n) is 13.8. The molecule has 0 radical (unpaired) electrons. The van der Waals surface area contributed by atoms with Crippen LogP contribution >= 0.6 is 0 Å². The van der Waals surface area contributed by atoms with E-state index in [2.05, 4.69) is 26.8 Å². The summed E-state index contributed by atoms with van der Waals surface area (Å²) in [6.07, 6.45) is 12.6. The summed E-state index contributed by atoms with van der Waals surface area (Å²) in [4.78, 5) is 0. The topological polar surface area (TPSA) is 94.1 Å². The molecule has 9 atom stereocenters. The van der Waals surface area contributed by atoms with Crippen molar-refractivity contribution in [1.29, 1.82) is 0 Å². The van der Waals surface area contributed by atoms with Gasteiger partial charge in [-0.05, 0) is 160 Å². The first-order chi connectivity index (χ1) is 24.9. The Labute approximate surface area is 317 Å². The van der Waals surface area contributed by atoms with Crippen molar-refractivity contribution in [3.05, 3.63) is 11.6 Å². The molecule has 0 bridgehead atoms. The van der Waals surface area contributed by atoms with Gasteiger partial charge in [0.15, 0.2) is 0 Å². The van der Waals surface area contributed by atoms with E-state index >= 15 is 0 Å². The van der Waals surface area contributed by atoms with Crippen molar-refractivity contribution in [1.82, 2.24) is 0 Å². The molecule has 0 aromatic carbocycles. The summed E-state index contributed by atoms with van der Waals surface area (Å²) in [5.41, 5.74) is 0.474. The minimum absolute atomic E-state index is 0.162. The van der Waals surface area contributed by atoms with Crippen LogP contribution in [0.2, 0.25) is 0 Å². The number of ether oxygens (including phenoxy) is 8. The van der Waals surface area contributed by atoms with Crippen molar-refractivity contribution in [2.24, 2.45) is 40.4 Å². The van der Waals surface area contributed by atoms with E-state index in [0.717, 1.165) is 43.4 Å². The zero-order chi connectivity index (χ0) is 38.2. The number of aliphatic hydroxyl groups excluding tert-OH is 1. The van der Waals surface area contributed by atoms with Gasteiger partial charge in [-0.15, -0.1) is 0 Å². The van der Waals surface area contributed by atoms with Crippen LogP contribution in [0.25, 0.3) is 0 Å². The zero-order valence-corrected chi connectivity index (χ0v) is 35.1. The molecule has 4 aliphatic carbocycles.